The van der Waals surface area contributed by atoms with Crippen molar-refractivity contribution in [3.63, 3.8) is 0 Å². The number of sulfonamides is 1. The number of aliphatic imine (C=N–C) groups is 1. The Labute approximate surface area is 168 Å². The summed E-state index contributed by atoms with van der Waals surface area (Å²) in [4.78, 5) is 28.8. The number of benzene rings is 2. The van der Waals surface area contributed by atoms with E-state index in [-0.39, 0.29) is 23.2 Å². The van der Waals surface area contributed by atoms with E-state index in [1.807, 2.05) is 19.1 Å². The topological polar surface area (TPSA) is 134 Å². The van der Waals surface area contributed by atoms with Crippen molar-refractivity contribution in [2.45, 2.75) is 25.7 Å². The van der Waals surface area contributed by atoms with Gasteiger partial charge in [-0.3, -0.25) is 20.0 Å². The Morgan fingerprint density at radius 2 is 1.83 bits per heavy atom. The average molecular weight is 415 g/mol. The molecule has 0 unspecified atom stereocenters. The van der Waals surface area contributed by atoms with E-state index in [1.165, 1.54) is 17.1 Å². The summed E-state index contributed by atoms with van der Waals surface area (Å²) in [6.45, 7) is 5.19. The number of amides is 2. The number of hydrogen-bond donors (Lipinski definition) is 3. The molecule has 2 aromatic carbocycles. The highest BCUT2D eigenvalue weighted by molar-refractivity contribution is 7.89. The van der Waals surface area contributed by atoms with Crippen molar-refractivity contribution in [3.8, 4) is 0 Å². The van der Waals surface area contributed by atoms with Gasteiger partial charge >= 0.3 is 0 Å². The Morgan fingerprint density at radius 3 is 2.45 bits per heavy atom. The van der Waals surface area contributed by atoms with Crippen molar-refractivity contribution >= 4 is 39.0 Å². The fourth-order valence-corrected chi connectivity index (χ4v) is 3.37. The van der Waals surface area contributed by atoms with Gasteiger partial charge in [0, 0.05) is 5.69 Å². The Hall–Kier alpha value is -3.24. The lowest BCUT2D eigenvalue weighted by atomic mass is 10.1. The largest absolute Gasteiger partial charge is 0.319 e. The summed E-state index contributed by atoms with van der Waals surface area (Å²) in [6, 6.07) is 9.94. The molecule has 0 atom stereocenters. The minimum atomic E-state index is -3.93. The van der Waals surface area contributed by atoms with E-state index in [2.05, 4.69) is 15.7 Å². The van der Waals surface area contributed by atoms with Crippen LogP contribution in [0, 0.1) is 20.8 Å². The number of nitrogens with one attached hydrogen (secondary N) is 2. The fourth-order valence-electron chi connectivity index (χ4n) is 2.75. The molecule has 0 radical (unpaired) electrons. The summed E-state index contributed by atoms with van der Waals surface area (Å²) >= 11 is 0. The Kier molecular flexibility index (Phi) is 5.40. The quantitative estimate of drug-likeness (QED) is 0.689. The minimum absolute atomic E-state index is 0.0664. The summed E-state index contributed by atoms with van der Waals surface area (Å²) < 4.78 is 23.4. The zero-order valence-electron chi connectivity index (χ0n) is 16.2. The van der Waals surface area contributed by atoms with Crippen molar-refractivity contribution in [1.82, 2.24) is 5.43 Å². The normalized spacial score (nSPS) is 14.3. The number of anilines is 2. The van der Waals surface area contributed by atoms with E-state index in [0.29, 0.717) is 22.5 Å². The number of amidine groups is 1. The van der Waals surface area contributed by atoms with E-state index in [1.54, 1.807) is 26.0 Å². The molecule has 2 aromatic rings. The molecule has 10 heteroatoms. The molecular formula is C19H21N5O4S. The molecule has 0 saturated heterocycles. The molecule has 3 rings (SSSR count). The third-order valence-electron chi connectivity index (χ3n) is 4.56. The molecule has 0 aliphatic carbocycles. The number of nitrogens with zero attached hydrogens (tertiary/aromatic N) is 2. The maximum Gasteiger partial charge on any atom is 0.292 e. The van der Waals surface area contributed by atoms with Crippen LogP contribution in [0.2, 0.25) is 0 Å². The lowest BCUT2D eigenvalue weighted by Crippen LogP contribution is -2.54. The van der Waals surface area contributed by atoms with Gasteiger partial charge in [0.15, 0.2) is 0 Å². The molecule has 4 N–H and O–H groups in total. The van der Waals surface area contributed by atoms with Crippen LogP contribution in [0.15, 0.2) is 46.3 Å². The number of primary sulfonamides is 1. The second-order valence-corrected chi connectivity index (χ2v) is 8.31. The summed E-state index contributed by atoms with van der Waals surface area (Å²) in [5, 5.41) is 9.10. The molecule has 0 spiro atoms. The molecule has 152 valence electrons. The smallest absolute Gasteiger partial charge is 0.292 e. The van der Waals surface area contributed by atoms with Crippen LogP contribution in [0.25, 0.3) is 0 Å². The maximum absolute atomic E-state index is 12.7. The highest BCUT2D eigenvalue weighted by atomic mass is 32.2. The van der Waals surface area contributed by atoms with Gasteiger partial charge in [-0.15, -0.1) is 0 Å². The number of carbonyl (C=O) groups is 2. The van der Waals surface area contributed by atoms with Gasteiger partial charge in [0.05, 0.1) is 10.6 Å². The van der Waals surface area contributed by atoms with E-state index >= 15 is 0 Å². The lowest BCUT2D eigenvalue weighted by Gasteiger charge is -2.27. The van der Waals surface area contributed by atoms with Crippen LogP contribution in [-0.4, -0.2) is 32.6 Å². The number of hydrogen-bond acceptors (Lipinski definition) is 6. The van der Waals surface area contributed by atoms with Crippen LogP contribution in [0.3, 0.4) is 0 Å². The maximum atomic E-state index is 12.7. The second kappa shape index (κ2) is 7.64. The van der Waals surface area contributed by atoms with Crippen LogP contribution in [0.5, 0.6) is 0 Å². The van der Waals surface area contributed by atoms with Crippen molar-refractivity contribution in [2.75, 3.05) is 16.9 Å². The van der Waals surface area contributed by atoms with Crippen LogP contribution >= 0.6 is 0 Å². The van der Waals surface area contributed by atoms with Gasteiger partial charge in [0.1, 0.15) is 6.54 Å². The molecule has 1 aliphatic rings. The molecule has 1 aliphatic heterocycles. The molecule has 9 nitrogen and oxygen atoms in total. The molecule has 0 saturated carbocycles. The first-order valence-electron chi connectivity index (χ1n) is 8.72. The van der Waals surface area contributed by atoms with Gasteiger partial charge in [-0.05, 0) is 56.2 Å². The summed E-state index contributed by atoms with van der Waals surface area (Å²) in [5.74, 6) is -0.986. The minimum Gasteiger partial charge on any atom is -0.319 e. The third-order valence-corrected chi connectivity index (χ3v) is 5.46. The van der Waals surface area contributed by atoms with Crippen LogP contribution in [0.1, 0.15) is 16.7 Å². The first-order chi connectivity index (χ1) is 13.6. The Morgan fingerprint density at radius 1 is 1.17 bits per heavy atom. The molecule has 0 fully saturated rings. The molecule has 1 heterocycles. The van der Waals surface area contributed by atoms with Gasteiger partial charge in [0.25, 0.3) is 11.8 Å². The average Bonchev–Trinajstić information content (AvgIpc) is 2.65. The molecular weight excluding hydrogens is 394 g/mol. The van der Waals surface area contributed by atoms with Crippen molar-refractivity contribution in [3.05, 3.63) is 53.1 Å². The summed E-state index contributed by atoms with van der Waals surface area (Å²) in [6.07, 6.45) is 0. The predicted octanol–water partition coefficient (Wildman–Crippen LogP) is 1.15. The number of nitrogens with two attached hydrogens (primary N) is 1. The number of aryl methyl sites for hydroxylation is 2. The number of rotatable bonds is 4. The Bertz CT molecular complexity index is 1120. The van der Waals surface area contributed by atoms with Crippen molar-refractivity contribution in [2.24, 2.45) is 10.1 Å². The molecule has 2 amide bonds. The SMILES string of the molecule is Cc1ccc(N2NC(C(=O)Nc3cc(S(N)(=O)=O)cc(C)c3C)=NCC2=O)cc1. The highest BCUT2D eigenvalue weighted by Crippen LogP contribution is 2.24. The van der Waals surface area contributed by atoms with Crippen LogP contribution in [-0.2, 0) is 19.6 Å². The van der Waals surface area contributed by atoms with Gasteiger partial charge in [-0.25, -0.2) is 18.6 Å². The van der Waals surface area contributed by atoms with E-state index in [9.17, 15) is 18.0 Å². The zero-order chi connectivity index (χ0) is 21.3. The van der Waals surface area contributed by atoms with Gasteiger partial charge in [-0.2, -0.15) is 0 Å². The number of carbonyl (C=O) groups excluding carboxylic acids is 2. The second-order valence-electron chi connectivity index (χ2n) is 6.75. The first-order valence-corrected chi connectivity index (χ1v) is 10.3. The highest BCUT2D eigenvalue weighted by Gasteiger charge is 2.26. The molecule has 0 aromatic heterocycles. The van der Waals surface area contributed by atoms with Crippen molar-refractivity contribution in [1.29, 1.82) is 0 Å². The first kappa shape index (κ1) is 20.5. The zero-order valence-corrected chi connectivity index (χ0v) is 17.0. The predicted molar refractivity (Wildman–Crippen MR) is 110 cm³/mol. The standard InChI is InChI=1S/C19H21N5O4S/c1-11-4-6-14(7-5-11)24-17(25)10-21-18(23-24)19(26)22-16-9-15(29(20,27)28)8-12(2)13(16)3/h4-9H,10H2,1-3H3,(H,21,23)(H,22,26)(H2,20,27,28). The molecule has 29 heavy (non-hydrogen) atoms. The summed E-state index contributed by atoms with van der Waals surface area (Å²) in [7, 11) is -3.93. The van der Waals surface area contributed by atoms with Crippen LogP contribution < -0.4 is 20.9 Å². The molecule has 0 bridgehead atoms. The summed E-state index contributed by atoms with van der Waals surface area (Å²) in [5.41, 5.74) is 5.96. The third kappa shape index (κ3) is 4.44. The number of hydrazine groups is 1. The van der Waals surface area contributed by atoms with E-state index in [4.69, 9.17) is 5.14 Å². The van der Waals surface area contributed by atoms with E-state index in [0.717, 1.165) is 5.56 Å². The van der Waals surface area contributed by atoms with E-state index < -0.39 is 15.9 Å². The lowest BCUT2D eigenvalue weighted by molar-refractivity contribution is -0.118. The van der Waals surface area contributed by atoms with Gasteiger partial charge < -0.3 is 5.32 Å². The fraction of sp³-hybridized carbons (Fsp3) is 0.211. The van der Waals surface area contributed by atoms with Gasteiger partial charge in [0.2, 0.25) is 15.9 Å². The van der Waals surface area contributed by atoms with Crippen LogP contribution in [0.4, 0.5) is 11.4 Å². The monoisotopic (exact) mass is 415 g/mol. The Balaban J connectivity index is 1.85. The van der Waals surface area contributed by atoms with Gasteiger partial charge in [-0.1, -0.05) is 17.7 Å². The van der Waals surface area contributed by atoms with Crippen molar-refractivity contribution < 1.29 is 18.0 Å².